The van der Waals surface area contributed by atoms with Gasteiger partial charge in [-0.05, 0) is 18.6 Å². The SMILES string of the molecule is CC(=O)C(=O)c1ccc(C)c(Br)c1. The molecule has 0 saturated heterocycles. The molecule has 1 aromatic rings. The third-order valence-electron chi connectivity index (χ3n) is 1.75. The predicted molar refractivity (Wildman–Crippen MR) is 53.9 cm³/mol. The summed E-state index contributed by atoms with van der Waals surface area (Å²) in [6.45, 7) is 3.20. The molecule has 3 heteroatoms. The van der Waals surface area contributed by atoms with Crippen LogP contribution in [0, 0.1) is 6.92 Å². The average Bonchev–Trinajstić information content (AvgIpc) is 2.08. The van der Waals surface area contributed by atoms with Crippen molar-refractivity contribution in [1.29, 1.82) is 0 Å². The van der Waals surface area contributed by atoms with Crippen LogP contribution in [0.5, 0.6) is 0 Å². The number of hydrogen-bond donors (Lipinski definition) is 0. The van der Waals surface area contributed by atoms with Gasteiger partial charge in [-0.1, -0.05) is 28.1 Å². The number of ketones is 2. The summed E-state index contributed by atoms with van der Waals surface area (Å²) in [4.78, 5) is 22.0. The summed E-state index contributed by atoms with van der Waals surface area (Å²) < 4.78 is 0.847. The summed E-state index contributed by atoms with van der Waals surface area (Å²) in [5.74, 6) is -0.878. The van der Waals surface area contributed by atoms with E-state index in [9.17, 15) is 9.59 Å². The van der Waals surface area contributed by atoms with Crippen LogP contribution >= 0.6 is 15.9 Å². The molecule has 68 valence electrons. The first-order valence-electron chi connectivity index (χ1n) is 3.84. The highest BCUT2D eigenvalue weighted by Gasteiger charge is 2.11. The van der Waals surface area contributed by atoms with Gasteiger partial charge in [0.1, 0.15) is 0 Å². The third-order valence-corrected chi connectivity index (χ3v) is 2.61. The van der Waals surface area contributed by atoms with Crippen molar-refractivity contribution in [3.8, 4) is 0 Å². The Hall–Kier alpha value is -0.960. The maximum Gasteiger partial charge on any atom is 0.228 e. The Kier molecular flexibility index (Phi) is 2.98. The smallest absolute Gasteiger partial charge is 0.228 e. The number of rotatable bonds is 2. The highest BCUT2D eigenvalue weighted by molar-refractivity contribution is 9.10. The van der Waals surface area contributed by atoms with Gasteiger partial charge in [-0.25, -0.2) is 0 Å². The van der Waals surface area contributed by atoms with Crippen LogP contribution in [-0.4, -0.2) is 11.6 Å². The maximum absolute atomic E-state index is 11.2. The molecule has 0 bridgehead atoms. The highest BCUT2D eigenvalue weighted by Crippen LogP contribution is 2.17. The summed E-state index contributed by atoms with van der Waals surface area (Å²) in [5.41, 5.74) is 1.48. The lowest BCUT2D eigenvalue weighted by Crippen LogP contribution is -2.09. The molecule has 0 heterocycles. The third kappa shape index (κ3) is 2.25. The number of aryl methyl sites for hydroxylation is 1. The Morgan fingerprint density at radius 1 is 1.31 bits per heavy atom. The Bertz CT molecular complexity index is 369. The molecule has 1 rings (SSSR count). The van der Waals surface area contributed by atoms with Crippen LogP contribution in [0.2, 0.25) is 0 Å². The fraction of sp³-hybridized carbons (Fsp3) is 0.200. The van der Waals surface area contributed by atoms with Crippen molar-refractivity contribution in [1.82, 2.24) is 0 Å². The number of benzene rings is 1. The van der Waals surface area contributed by atoms with Crippen molar-refractivity contribution in [2.45, 2.75) is 13.8 Å². The fourth-order valence-electron chi connectivity index (χ4n) is 0.937. The average molecular weight is 241 g/mol. The molecule has 2 nitrogen and oxygen atoms in total. The number of carbonyl (C=O) groups excluding carboxylic acids is 2. The highest BCUT2D eigenvalue weighted by atomic mass is 79.9. The van der Waals surface area contributed by atoms with E-state index in [4.69, 9.17) is 0 Å². The van der Waals surface area contributed by atoms with E-state index in [0.717, 1.165) is 10.0 Å². The second kappa shape index (κ2) is 3.83. The number of carbonyl (C=O) groups is 2. The van der Waals surface area contributed by atoms with E-state index in [2.05, 4.69) is 15.9 Å². The molecule has 0 N–H and O–H groups in total. The Balaban J connectivity index is 3.11. The molecular formula is C10H9BrO2. The van der Waals surface area contributed by atoms with E-state index in [0.29, 0.717) is 5.56 Å². The standard InChI is InChI=1S/C10H9BrO2/c1-6-3-4-8(5-9(6)11)10(13)7(2)12/h3-5H,1-2H3. The number of hydrogen-bond acceptors (Lipinski definition) is 2. The Morgan fingerprint density at radius 2 is 1.92 bits per heavy atom. The molecular weight excluding hydrogens is 232 g/mol. The lowest BCUT2D eigenvalue weighted by Gasteiger charge is -2.00. The van der Waals surface area contributed by atoms with Crippen molar-refractivity contribution in [2.75, 3.05) is 0 Å². The lowest BCUT2D eigenvalue weighted by atomic mass is 10.1. The molecule has 0 radical (unpaired) electrons. The second-order valence-electron chi connectivity index (χ2n) is 2.85. The van der Waals surface area contributed by atoms with Crippen LogP contribution in [0.3, 0.4) is 0 Å². The lowest BCUT2D eigenvalue weighted by molar-refractivity contribution is -0.113. The largest absolute Gasteiger partial charge is 0.291 e. The van der Waals surface area contributed by atoms with Gasteiger partial charge >= 0.3 is 0 Å². The number of Topliss-reactive ketones (excluding diaryl/α,β-unsaturated/α-hetero) is 2. The van der Waals surface area contributed by atoms with Crippen LogP contribution in [-0.2, 0) is 4.79 Å². The summed E-state index contributed by atoms with van der Waals surface area (Å²) in [7, 11) is 0. The monoisotopic (exact) mass is 240 g/mol. The van der Waals surface area contributed by atoms with Gasteiger partial charge in [0.15, 0.2) is 5.78 Å². The molecule has 0 amide bonds. The minimum Gasteiger partial charge on any atom is -0.291 e. The summed E-state index contributed by atoms with van der Waals surface area (Å²) in [6, 6.07) is 5.13. The molecule has 0 unspecified atom stereocenters. The first-order valence-corrected chi connectivity index (χ1v) is 4.63. The Labute approximate surface area is 85.1 Å². The maximum atomic E-state index is 11.2. The van der Waals surface area contributed by atoms with Gasteiger partial charge in [-0.3, -0.25) is 9.59 Å². The summed E-state index contributed by atoms with van der Waals surface area (Å²) in [6.07, 6.45) is 0. The first-order chi connectivity index (χ1) is 6.02. The van der Waals surface area contributed by atoms with Crippen LogP contribution < -0.4 is 0 Å². The van der Waals surface area contributed by atoms with E-state index in [1.807, 2.05) is 6.92 Å². The quantitative estimate of drug-likeness (QED) is 0.589. The molecule has 0 aliphatic rings. The summed E-state index contributed by atoms with van der Waals surface area (Å²) >= 11 is 3.30. The second-order valence-corrected chi connectivity index (χ2v) is 3.70. The molecule has 0 saturated carbocycles. The van der Waals surface area contributed by atoms with Crippen molar-refractivity contribution < 1.29 is 9.59 Å². The molecule has 0 aliphatic carbocycles. The minimum absolute atomic E-state index is 0.434. The van der Waals surface area contributed by atoms with Crippen molar-refractivity contribution in [2.24, 2.45) is 0 Å². The molecule has 13 heavy (non-hydrogen) atoms. The van der Waals surface area contributed by atoms with Gasteiger partial charge in [0.2, 0.25) is 5.78 Å². The summed E-state index contributed by atoms with van der Waals surface area (Å²) in [5, 5.41) is 0. The van der Waals surface area contributed by atoms with Gasteiger partial charge in [0.25, 0.3) is 0 Å². The van der Waals surface area contributed by atoms with E-state index in [-0.39, 0.29) is 0 Å². The van der Waals surface area contributed by atoms with E-state index < -0.39 is 11.6 Å². The molecule has 1 aromatic carbocycles. The molecule has 0 aliphatic heterocycles. The topological polar surface area (TPSA) is 34.1 Å². The van der Waals surface area contributed by atoms with E-state index >= 15 is 0 Å². The van der Waals surface area contributed by atoms with Crippen LogP contribution in [0.4, 0.5) is 0 Å². The minimum atomic E-state index is -0.444. The molecule has 0 aromatic heterocycles. The van der Waals surface area contributed by atoms with E-state index in [1.165, 1.54) is 6.92 Å². The van der Waals surface area contributed by atoms with Gasteiger partial charge in [-0.15, -0.1) is 0 Å². The first kappa shape index (κ1) is 10.1. The number of halogens is 1. The van der Waals surface area contributed by atoms with E-state index in [1.54, 1.807) is 18.2 Å². The van der Waals surface area contributed by atoms with Crippen LogP contribution in [0.15, 0.2) is 22.7 Å². The fourth-order valence-corrected chi connectivity index (χ4v) is 1.32. The van der Waals surface area contributed by atoms with Gasteiger partial charge < -0.3 is 0 Å². The van der Waals surface area contributed by atoms with Gasteiger partial charge in [-0.2, -0.15) is 0 Å². The van der Waals surface area contributed by atoms with Gasteiger partial charge in [0, 0.05) is 17.0 Å². The zero-order valence-electron chi connectivity index (χ0n) is 7.43. The molecule has 0 spiro atoms. The predicted octanol–water partition coefficient (Wildman–Crippen LogP) is 2.53. The zero-order valence-corrected chi connectivity index (χ0v) is 9.01. The normalized spacial score (nSPS) is 9.77. The molecule has 0 atom stereocenters. The van der Waals surface area contributed by atoms with Gasteiger partial charge in [0.05, 0.1) is 0 Å². The van der Waals surface area contributed by atoms with Crippen molar-refractivity contribution >= 4 is 27.5 Å². The molecule has 0 fully saturated rings. The Morgan fingerprint density at radius 3 is 2.38 bits per heavy atom. The van der Waals surface area contributed by atoms with Crippen molar-refractivity contribution in [3.63, 3.8) is 0 Å². The van der Waals surface area contributed by atoms with Crippen LogP contribution in [0.25, 0.3) is 0 Å². The van der Waals surface area contributed by atoms with Crippen LogP contribution in [0.1, 0.15) is 22.8 Å². The zero-order chi connectivity index (χ0) is 10.0. The van der Waals surface area contributed by atoms with Crippen molar-refractivity contribution in [3.05, 3.63) is 33.8 Å².